The van der Waals surface area contributed by atoms with Crippen LogP contribution < -0.4 is 9.80 Å². The van der Waals surface area contributed by atoms with Crippen LogP contribution >= 0.6 is 0 Å². The summed E-state index contributed by atoms with van der Waals surface area (Å²) in [5.74, 6) is 0. The number of benzene rings is 11. The smallest absolute Gasteiger partial charge is 0.0727 e. The van der Waals surface area contributed by atoms with E-state index in [-0.39, 0.29) is 0 Å². The summed E-state index contributed by atoms with van der Waals surface area (Å²) < 4.78 is 2.42. The molecule has 0 aliphatic heterocycles. The Balaban J connectivity index is 1.04. The first-order chi connectivity index (χ1) is 34.8. The maximum atomic E-state index is 2.51. The summed E-state index contributed by atoms with van der Waals surface area (Å²) in [5.41, 5.74) is 22.1. The maximum Gasteiger partial charge on any atom is 0.0727 e. The highest BCUT2D eigenvalue weighted by atomic mass is 15.2. The van der Waals surface area contributed by atoms with E-state index in [4.69, 9.17) is 0 Å². The predicted molar refractivity (Wildman–Crippen MR) is 292 cm³/mol. The number of anilines is 6. The van der Waals surface area contributed by atoms with E-state index in [0.717, 1.165) is 50.9 Å². The van der Waals surface area contributed by atoms with E-state index in [1.807, 2.05) is 0 Å². The van der Waals surface area contributed by atoms with Crippen molar-refractivity contribution >= 4 is 55.9 Å². The standard InChI is InChI=1S/C67H45N3/c1-5-21-46(22-6-1)53-29-15-19-35-64(53)69(52-39-42-59-58-32-16-20-36-65(58)70(66(59)45-52)49-27-11-4-12-28-49)51-38-41-57-55-31-14-18-34-61(55)67(63(57)44-51)60-33-17-13-30-54(60)56-40-37-50(43-62(56)67)68(47-23-7-2-8-24-47)48-25-9-3-10-26-48/h1-45H. The van der Waals surface area contributed by atoms with Gasteiger partial charge < -0.3 is 14.4 Å². The predicted octanol–water partition coefficient (Wildman–Crippen LogP) is 17.7. The molecule has 14 rings (SSSR count). The highest BCUT2D eigenvalue weighted by Gasteiger charge is 2.52. The molecule has 0 N–H and O–H groups in total. The molecule has 70 heavy (non-hydrogen) atoms. The molecule has 3 heteroatoms. The molecule has 328 valence electrons. The molecule has 11 aromatic carbocycles. The Morgan fingerprint density at radius 2 is 0.714 bits per heavy atom. The summed E-state index contributed by atoms with van der Waals surface area (Å²) in [7, 11) is 0. The summed E-state index contributed by atoms with van der Waals surface area (Å²) in [6.07, 6.45) is 0. The largest absolute Gasteiger partial charge is 0.310 e. The molecular formula is C67H45N3. The fourth-order valence-electron chi connectivity index (χ4n) is 11.9. The van der Waals surface area contributed by atoms with Gasteiger partial charge >= 0.3 is 0 Å². The van der Waals surface area contributed by atoms with Crippen molar-refractivity contribution in [2.45, 2.75) is 5.41 Å². The van der Waals surface area contributed by atoms with E-state index < -0.39 is 5.41 Å². The minimum absolute atomic E-state index is 0.600. The third-order valence-corrected chi connectivity index (χ3v) is 14.8. The molecule has 0 amide bonds. The minimum atomic E-state index is -0.600. The second-order valence-electron chi connectivity index (χ2n) is 18.4. The van der Waals surface area contributed by atoms with Crippen molar-refractivity contribution in [3.63, 3.8) is 0 Å². The number of hydrogen-bond acceptors (Lipinski definition) is 2. The fraction of sp³-hybridized carbons (Fsp3) is 0.0149. The number of aromatic nitrogens is 1. The molecule has 1 atom stereocenters. The molecule has 2 aliphatic carbocycles. The van der Waals surface area contributed by atoms with Gasteiger partial charge in [-0.1, -0.05) is 188 Å². The molecule has 0 fully saturated rings. The van der Waals surface area contributed by atoms with Crippen LogP contribution in [0.15, 0.2) is 273 Å². The van der Waals surface area contributed by atoms with Gasteiger partial charge in [0, 0.05) is 50.5 Å². The first kappa shape index (κ1) is 39.9. The molecule has 2 aliphatic rings. The highest BCUT2D eigenvalue weighted by molar-refractivity contribution is 6.11. The maximum absolute atomic E-state index is 2.51. The molecule has 1 heterocycles. The van der Waals surface area contributed by atoms with Crippen molar-refractivity contribution in [2.75, 3.05) is 9.80 Å². The summed E-state index contributed by atoms with van der Waals surface area (Å²) in [6.45, 7) is 0. The molecule has 12 aromatic rings. The van der Waals surface area contributed by atoms with Crippen LogP contribution in [0.4, 0.5) is 34.1 Å². The van der Waals surface area contributed by atoms with Crippen molar-refractivity contribution in [2.24, 2.45) is 0 Å². The topological polar surface area (TPSA) is 11.4 Å². The van der Waals surface area contributed by atoms with Crippen LogP contribution in [0.3, 0.4) is 0 Å². The van der Waals surface area contributed by atoms with E-state index in [9.17, 15) is 0 Å². The lowest BCUT2D eigenvalue weighted by molar-refractivity contribution is 0.793. The Morgan fingerprint density at radius 3 is 1.34 bits per heavy atom. The first-order valence-electron chi connectivity index (χ1n) is 24.2. The summed E-state index contributed by atoms with van der Waals surface area (Å²) in [5, 5.41) is 2.45. The number of fused-ring (bicyclic) bond motifs is 13. The monoisotopic (exact) mass is 891 g/mol. The van der Waals surface area contributed by atoms with Gasteiger partial charge in [0.1, 0.15) is 0 Å². The van der Waals surface area contributed by atoms with E-state index in [2.05, 4.69) is 287 Å². The molecule has 1 aromatic heterocycles. The van der Waals surface area contributed by atoms with E-state index in [1.165, 1.54) is 66.4 Å². The Hall–Kier alpha value is -9.18. The molecule has 0 bridgehead atoms. The number of nitrogens with zero attached hydrogens (tertiary/aromatic N) is 3. The van der Waals surface area contributed by atoms with E-state index >= 15 is 0 Å². The van der Waals surface area contributed by atoms with Gasteiger partial charge in [0.2, 0.25) is 0 Å². The van der Waals surface area contributed by atoms with Crippen LogP contribution in [0.25, 0.3) is 60.9 Å². The average molecular weight is 892 g/mol. The average Bonchev–Trinajstić information content (AvgIpc) is 4.03. The van der Waals surface area contributed by atoms with Crippen molar-refractivity contribution in [1.82, 2.24) is 4.57 Å². The normalized spacial score (nSPS) is 14.1. The van der Waals surface area contributed by atoms with Crippen LogP contribution in [0.5, 0.6) is 0 Å². The van der Waals surface area contributed by atoms with Crippen LogP contribution in [-0.4, -0.2) is 4.57 Å². The van der Waals surface area contributed by atoms with Crippen molar-refractivity contribution in [3.05, 3.63) is 295 Å². The Morgan fingerprint density at radius 1 is 0.271 bits per heavy atom. The zero-order valence-electron chi connectivity index (χ0n) is 38.3. The van der Waals surface area contributed by atoms with Gasteiger partial charge in [0.05, 0.1) is 22.1 Å². The second-order valence-corrected chi connectivity index (χ2v) is 18.4. The van der Waals surface area contributed by atoms with Crippen LogP contribution in [0.2, 0.25) is 0 Å². The first-order valence-corrected chi connectivity index (χ1v) is 24.2. The van der Waals surface area contributed by atoms with Gasteiger partial charge in [-0.3, -0.25) is 0 Å². The minimum Gasteiger partial charge on any atom is -0.310 e. The number of rotatable bonds is 8. The third-order valence-electron chi connectivity index (χ3n) is 14.8. The fourth-order valence-corrected chi connectivity index (χ4v) is 11.9. The molecule has 1 spiro atoms. The molecule has 0 saturated carbocycles. The molecular weight excluding hydrogens is 847 g/mol. The molecule has 0 radical (unpaired) electrons. The van der Waals surface area contributed by atoms with E-state index in [0.29, 0.717) is 0 Å². The SMILES string of the molecule is c1ccc(-c2ccccc2N(c2ccc3c(c2)C2(c4ccccc4-c4ccc(N(c5ccccc5)c5ccccc5)cc42)c2ccccc2-3)c2ccc3c4ccccc4n(-c4ccccc4)c3c2)cc1. The van der Waals surface area contributed by atoms with Gasteiger partial charge in [0.15, 0.2) is 0 Å². The third kappa shape index (κ3) is 5.95. The highest BCUT2D eigenvalue weighted by Crippen LogP contribution is 2.64. The van der Waals surface area contributed by atoms with Gasteiger partial charge in [-0.25, -0.2) is 0 Å². The van der Waals surface area contributed by atoms with Crippen LogP contribution in [0, 0.1) is 0 Å². The van der Waals surface area contributed by atoms with Gasteiger partial charge in [0.25, 0.3) is 0 Å². The quantitative estimate of drug-likeness (QED) is 0.151. The molecule has 0 saturated heterocycles. The van der Waals surface area contributed by atoms with Crippen LogP contribution in [0.1, 0.15) is 22.3 Å². The van der Waals surface area contributed by atoms with Crippen molar-refractivity contribution in [1.29, 1.82) is 0 Å². The summed E-state index contributed by atoms with van der Waals surface area (Å²) in [6, 6.07) is 100. The van der Waals surface area contributed by atoms with Crippen molar-refractivity contribution in [3.8, 4) is 39.1 Å². The molecule has 1 unspecified atom stereocenters. The van der Waals surface area contributed by atoms with Gasteiger partial charge in [-0.15, -0.1) is 0 Å². The van der Waals surface area contributed by atoms with Crippen LogP contribution in [-0.2, 0) is 5.41 Å². The van der Waals surface area contributed by atoms with Crippen molar-refractivity contribution < 1.29 is 0 Å². The second kappa shape index (κ2) is 16.0. The summed E-state index contributed by atoms with van der Waals surface area (Å²) in [4.78, 5) is 4.89. The number of para-hydroxylation sites is 5. The lowest BCUT2D eigenvalue weighted by Gasteiger charge is -2.33. The zero-order valence-corrected chi connectivity index (χ0v) is 38.3. The zero-order chi connectivity index (χ0) is 46.2. The Labute approximate surface area is 408 Å². The Bertz CT molecular complexity index is 3900. The van der Waals surface area contributed by atoms with Gasteiger partial charge in [-0.05, 0) is 135 Å². The molecule has 3 nitrogen and oxygen atoms in total. The van der Waals surface area contributed by atoms with Gasteiger partial charge in [-0.2, -0.15) is 0 Å². The van der Waals surface area contributed by atoms with E-state index in [1.54, 1.807) is 0 Å². The lowest BCUT2D eigenvalue weighted by atomic mass is 9.70. The lowest BCUT2D eigenvalue weighted by Crippen LogP contribution is -2.26. The summed E-state index contributed by atoms with van der Waals surface area (Å²) >= 11 is 0. The number of hydrogen-bond donors (Lipinski definition) is 0. The Kier molecular flexibility index (Phi) is 9.11.